The van der Waals surface area contributed by atoms with Crippen molar-refractivity contribution in [2.45, 2.75) is 38.1 Å². The Morgan fingerprint density at radius 2 is 1.91 bits per heavy atom. The Labute approximate surface area is 151 Å². The monoisotopic (exact) mass is 357 g/mol. The molecule has 6 heteroatoms. The molecular weight excluding hydrogens is 333 g/mol. The third-order valence-corrected chi connectivity index (χ3v) is 4.32. The molecule has 1 aliphatic rings. The van der Waals surface area contributed by atoms with Gasteiger partial charge in [-0.15, -0.1) is 6.58 Å². The Balaban J connectivity index is 0.00000242. The van der Waals surface area contributed by atoms with Gasteiger partial charge in [-0.3, -0.25) is 9.78 Å². The third-order valence-electron chi connectivity index (χ3n) is 4.32. The van der Waals surface area contributed by atoms with Crippen LogP contribution in [0.15, 0.2) is 37.2 Å². The molecule has 1 amide bonds. The maximum atomic E-state index is 12.3. The molecule has 2 rings (SSSR count). The van der Waals surface area contributed by atoms with Crippen LogP contribution >= 0.6 is 0 Å². The molecule has 0 radical (unpaired) electrons. The van der Waals surface area contributed by atoms with Crippen molar-refractivity contribution in [3.63, 3.8) is 0 Å². The average Bonchev–Trinajstić information content (AvgIpc) is 2.53. The maximum absolute atomic E-state index is 12.3. The van der Waals surface area contributed by atoms with Gasteiger partial charge < -0.3 is 35.0 Å². The summed E-state index contributed by atoms with van der Waals surface area (Å²) in [6, 6.07) is 4.26. The number of pyridine rings is 1. The van der Waals surface area contributed by atoms with Crippen molar-refractivity contribution < 1.29 is 29.6 Å². The summed E-state index contributed by atoms with van der Waals surface area (Å²) < 4.78 is 0. The van der Waals surface area contributed by atoms with Gasteiger partial charge in [0.25, 0.3) is 0 Å². The average molecular weight is 358 g/mol. The first-order chi connectivity index (χ1) is 10.2. The minimum atomic E-state index is 0. The molecule has 0 saturated heterocycles. The number of carbonyl (C=O) groups is 1. The van der Waals surface area contributed by atoms with Crippen LogP contribution in [0.3, 0.4) is 0 Å². The lowest BCUT2D eigenvalue weighted by Gasteiger charge is -2.34. The van der Waals surface area contributed by atoms with E-state index in [1.165, 1.54) is 0 Å². The topological polar surface area (TPSA) is 45.2 Å². The highest BCUT2D eigenvalue weighted by Gasteiger charge is 2.27. The van der Waals surface area contributed by atoms with Crippen LogP contribution in [-0.4, -0.2) is 35.4 Å². The molecule has 130 valence electrons. The van der Waals surface area contributed by atoms with Gasteiger partial charge in [0.05, 0.1) is 0 Å². The number of hydrogen-bond acceptors (Lipinski definition) is 3. The van der Waals surface area contributed by atoms with Crippen LogP contribution in [0.1, 0.15) is 32.1 Å². The van der Waals surface area contributed by atoms with E-state index >= 15 is 0 Å². The number of rotatable bonds is 6. The highest BCUT2D eigenvalue weighted by atomic mass is 35.5. The van der Waals surface area contributed by atoms with Gasteiger partial charge in [-0.05, 0) is 51.3 Å². The third kappa shape index (κ3) is 6.90. The number of aromatic nitrogens is 1. The van der Waals surface area contributed by atoms with E-state index in [1.54, 1.807) is 12.4 Å². The number of carbonyl (C=O) groups excluding carboxylic acids is 1. The van der Waals surface area contributed by atoms with Crippen molar-refractivity contribution in [3.05, 3.63) is 37.2 Å². The van der Waals surface area contributed by atoms with E-state index in [-0.39, 0.29) is 36.6 Å². The van der Waals surface area contributed by atoms with Crippen molar-refractivity contribution in [1.29, 1.82) is 0 Å². The second-order valence-corrected chi connectivity index (χ2v) is 5.79. The van der Waals surface area contributed by atoms with Gasteiger partial charge >= 0.3 is 0 Å². The molecule has 1 N–H and O–H groups in total. The smallest absolute Gasteiger partial charge is 0.227 e. The van der Waals surface area contributed by atoms with Crippen molar-refractivity contribution in [2.75, 3.05) is 18.9 Å². The lowest BCUT2D eigenvalue weighted by Crippen LogP contribution is -3.00. The fraction of sp³-hybridized carbons (Fsp3) is 0.529. The van der Waals surface area contributed by atoms with Gasteiger partial charge in [0.1, 0.15) is 0 Å². The van der Waals surface area contributed by atoms with Crippen LogP contribution in [0.25, 0.3) is 0 Å². The molecule has 4 nitrogen and oxygen atoms in total. The largest absolute Gasteiger partial charge is 1.00 e. The summed E-state index contributed by atoms with van der Waals surface area (Å²) >= 11 is 0. The molecule has 0 unspecified atom stereocenters. The number of halogens is 2. The SMILES string of the molecule is C=CCCN(C)C1CCC(C(=O)Nc2ccncc2)CC1.[Cl-].[Cl-]. The highest BCUT2D eigenvalue weighted by molar-refractivity contribution is 5.92. The second-order valence-electron chi connectivity index (χ2n) is 5.79. The molecule has 1 aromatic rings. The number of nitrogens with one attached hydrogen (secondary N) is 1. The zero-order chi connectivity index (χ0) is 15.1. The van der Waals surface area contributed by atoms with Gasteiger partial charge in [-0.25, -0.2) is 0 Å². The zero-order valence-electron chi connectivity index (χ0n) is 13.5. The summed E-state index contributed by atoms with van der Waals surface area (Å²) in [7, 11) is 2.17. The van der Waals surface area contributed by atoms with Gasteiger partial charge in [0.15, 0.2) is 0 Å². The summed E-state index contributed by atoms with van der Waals surface area (Å²) in [6.07, 6.45) is 10.5. The fourth-order valence-electron chi connectivity index (χ4n) is 2.94. The molecule has 0 spiro atoms. The minimum absolute atomic E-state index is 0. The van der Waals surface area contributed by atoms with Crippen LogP contribution < -0.4 is 30.1 Å². The number of hydrogen-bond donors (Lipinski definition) is 1. The molecule has 1 saturated carbocycles. The van der Waals surface area contributed by atoms with E-state index in [9.17, 15) is 4.79 Å². The molecule has 1 fully saturated rings. The first-order valence-electron chi connectivity index (χ1n) is 7.72. The summed E-state index contributed by atoms with van der Waals surface area (Å²) in [6.45, 7) is 4.83. The standard InChI is InChI=1S/C17H25N3O.2ClH/c1-3-4-13-20(2)16-7-5-14(6-8-16)17(21)19-15-9-11-18-12-10-15;;/h3,9-12,14,16H,1,4-8,13H2,2H3,(H,18,19,21);2*1H/p-2. The molecule has 1 aliphatic carbocycles. The van der Waals surface area contributed by atoms with E-state index in [1.807, 2.05) is 18.2 Å². The van der Waals surface area contributed by atoms with Gasteiger partial charge in [0, 0.05) is 36.6 Å². The van der Waals surface area contributed by atoms with E-state index in [0.29, 0.717) is 6.04 Å². The van der Waals surface area contributed by atoms with Gasteiger partial charge in [-0.1, -0.05) is 6.08 Å². The Morgan fingerprint density at radius 1 is 1.30 bits per heavy atom. The van der Waals surface area contributed by atoms with Crippen LogP contribution in [0, 0.1) is 5.92 Å². The van der Waals surface area contributed by atoms with Crippen LogP contribution in [-0.2, 0) is 4.79 Å². The van der Waals surface area contributed by atoms with Gasteiger partial charge in [0.2, 0.25) is 5.91 Å². The molecule has 0 aromatic carbocycles. The second kappa shape index (κ2) is 11.4. The van der Waals surface area contributed by atoms with Crippen LogP contribution in [0.2, 0.25) is 0 Å². The molecule has 1 heterocycles. The predicted octanol–water partition coefficient (Wildman–Crippen LogP) is -2.91. The summed E-state index contributed by atoms with van der Waals surface area (Å²) in [5.74, 6) is 0.288. The Hall–Kier alpha value is -1.10. The van der Waals surface area contributed by atoms with E-state index in [0.717, 1.165) is 44.3 Å². The maximum Gasteiger partial charge on any atom is 0.227 e. The molecule has 0 atom stereocenters. The molecule has 0 aliphatic heterocycles. The van der Waals surface area contributed by atoms with Crippen LogP contribution in [0.4, 0.5) is 5.69 Å². The highest BCUT2D eigenvalue weighted by Crippen LogP contribution is 2.28. The molecule has 0 bridgehead atoms. The fourth-order valence-corrected chi connectivity index (χ4v) is 2.94. The normalized spacial score (nSPS) is 20.1. The number of amides is 1. The lowest BCUT2D eigenvalue weighted by molar-refractivity contribution is -0.121. The van der Waals surface area contributed by atoms with Crippen molar-refractivity contribution >= 4 is 11.6 Å². The van der Waals surface area contributed by atoms with Crippen LogP contribution in [0.5, 0.6) is 0 Å². The first kappa shape index (κ1) is 21.9. The van der Waals surface area contributed by atoms with E-state index in [2.05, 4.69) is 28.8 Å². The van der Waals surface area contributed by atoms with Crippen molar-refractivity contribution in [1.82, 2.24) is 9.88 Å². The van der Waals surface area contributed by atoms with Crippen molar-refractivity contribution in [3.8, 4) is 0 Å². The number of nitrogens with zero attached hydrogens (tertiary/aromatic N) is 2. The molecular formula is C17H25Cl2N3O-2. The van der Waals surface area contributed by atoms with Gasteiger partial charge in [-0.2, -0.15) is 0 Å². The zero-order valence-corrected chi connectivity index (χ0v) is 15.1. The van der Waals surface area contributed by atoms with Crippen molar-refractivity contribution in [2.24, 2.45) is 5.92 Å². The first-order valence-corrected chi connectivity index (χ1v) is 7.72. The van der Waals surface area contributed by atoms with E-state index in [4.69, 9.17) is 0 Å². The number of anilines is 1. The lowest BCUT2D eigenvalue weighted by atomic mass is 9.85. The van der Waals surface area contributed by atoms with E-state index < -0.39 is 0 Å². The predicted molar refractivity (Wildman–Crippen MR) is 86.1 cm³/mol. The molecule has 1 aromatic heterocycles. The summed E-state index contributed by atoms with van der Waals surface area (Å²) in [5.41, 5.74) is 0.834. The Bertz CT molecular complexity index is 462. The quantitative estimate of drug-likeness (QED) is 0.555. The Morgan fingerprint density at radius 3 is 2.48 bits per heavy atom. The summed E-state index contributed by atoms with van der Waals surface area (Å²) in [4.78, 5) is 18.6. The molecule has 23 heavy (non-hydrogen) atoms. The Kier molecular flexibility index (Phi) is 10.9. The summed E-state index contributed by atoms with van der Waals surface area (Å²) in [5, 5.41) is 2.98. The minimum Gasteiger partial charge on any atom is -1.00 e.